The molecule has 0 aliphatic rings. The molecule has 0 unspecified atom stereocenters. The van der Waals surface area contributed by atoms with Crippen molar-refractivity contribution >= 4 is 22.4 Å². The largest absolute Gasteiger partial charge is 0.493 e. The summed E-state index contributed by atoms with van der Waals surface area (Å²) >= 11 is 0. The molecule has 0 bridgehead atoms. The summed E-state index contributed by atoms with van der Waals surface area (Å²) in [7, 11) is 0. The summed E-state index contributed by atoms with van der Waals surface area (Å²) in [6.07, 6.45) is 1.93. The Labute approximate surface area is 142 Å². The third kappa shape index (κ3) is 3.16. The van der Waals surface area contributed by atoms with E-state index in [1.165, 1.54) is 5.56 Å². The van der Waals surface area contributed by atoms with E-state index in [0.29, 0.717) is 12.2 Å². The predicted octanol–water partition coefficient (Wildman–Crippen LogP) is 5.61. The summed E-state index contributed by atoms with van der Waals surface area (Å²) in [5, 5.41) is 11.9. The number of aryl methyl sites for hydroxylation is 1. The van der Waals surface area contributed by atoms with Crippen LogP contribution in [0.15, 0.2) is 60.7 Å². The molecule has 0 aromatic heterocycles. The molecule has 0 aliphatic heterocycles. The van der Waals surface area contributed by atoms with E-state index in [9.17, 15) is 5.26 Å². The number of hydrogen-bond donors (Lipinski definition) is 0. The summed E-state index contributed by atoms with van der Waals surface area (Å²) in [5.41, 5.74) is 3.68. The Kier molecular flexibility index (Phi) is 4.63. The van der Waals surface area contributed by atoms with Gasteiger partial charge in [-0.25, -0.2) is 0 Å². The standard InChI is InChI=1S/C22H19NO/c1-3-24-22-13-12-18-6-4-5-7-20(18)21(22)14-19(15-23)17-10-8-16(2)9-11-17/h4-14H,3H2,1-2H3/b19-14-. The SMILES string of the molecule is CCOc1ccc2ccccc2c1/C=C(/C#N)c1ccc(C)cc1. The number of allylic oxidation sites excluding steroid dienone is 1. The molecule has 118 valence electrons. The fourth-order valence-electron chi connectivity index (χ4n) is 2.76. The number of benzene rings is 3. The Morgan fingerprint density at radius 3 is 2.50 bits per heavy atom. The number of ether oxygens (including phenoxy) is 1. The molecule has 0 N–H and O–H groups in total. The molecule has 0 heterocycles. The molecule has 0 saturated carbocycles. The Morgan fingerprint density at radius 2 is 1.79 bits per heavy atom. The molecule has 24 heavy (non-hydrogen) atoms. The molecule has 0 fully saturated rings. The first-order valence-corrected chi connectivity index (χ1v) is 8.06. The van der Waals surface area contributed by atoms with Crippen LogP contribution in [-0.2, 0) is 0 Å². The molecule has 0 atom stereocenters. The van der Waals surface area contributed by atoms with Crippen LogP contribution in [0.1, 0.15) is 23.6 Å². The summed E-state index contributed by atoms with van der Waals surface area (Å²) in [6.45, 7) is 4.59. The van der Waals surface area contributed by atoms with E-state index in [2.05, 4.69) is 24.3 Å². The lowest BCUT2D eigenvalue weighted by Gasteiger charge is -2.11. The summed E-state index contributed by atoms with van der Waals surface area (Å²) < 4.78 is 5.79. The molecule has 0 radical (unpaired) electrons. The first-order valence-electron chi connectivity index (χ1n) is 8.06. The first kappa shape index (κ1) is 15.8. The van der Waals surface area contributed by atoms with E-state index in [1.807, 2.05) is 62.4 Å². The minimum Gasteiger partial charge on any atom is -0.493 e. The molecule has 3 rings (SSSR count). The van der Waals surface area contributed by atoms with E-state index in [1.54, 1.807) is 0 Å². The molecule has 3 aromatic carbocycles. The minimum atomic E-state index is 0.589. The van der Waals surface area contributed by atoms with Crippen LogP contribution in [-0.4, -0.2) is 6.61 Å². The molecular weight excluding hydrogens is 294 g/mol. The Hall–Kier alpha value is -3.05. The van der Waals surface area contributed by atoms with Crippen LogP contribution in [0.2, 0.25) is 0 Å². The number of fused-ring (bicyclic) bond motifs is 1. The van der Waals surface area contributed by atoms with Crippen LogP contribution >= 0.6 is 0 Å². The van der Waals surface area contributed by atoms with Crippen LogP contribution in [0.3, 0.4) is 0 Å². The highest BCUT2D eigenvalue weighted by Gasteiger charge is 2.09. The van der Waals surface area contributed by atoms with Crippen LogP contribution in [0.4, 0.5) is 0 Å². The second-order valence-electron chi connectivity index (χ2n) is 5.67. The minimum absolute atomic E-state index is 0.589. The topological polar surface area (TPSA) is 33.0 Å². The van der Waals surface area contributed by atoms with E-state index in [-0.39, 0.29) is 0 Å². The van der Waals surface area contributed by atoms with Crippen LogP contribution in [0, 0.1) is 18.3 Å². The molecule has 0 saturated heterocycles. The zero-order chi connectivity index (χ0) is 16.9. The van der Waals surface area contributed by atoms with Crippen molar-refractivity contribution in [2.45, 2.75) is 13.8 Å². The molecule has 3 aromatic rings. The fourth-order valence-corrected chi connectivity index (χ4v) is 2.76. The lowest BCUT2D eigenvalue weighted by Crippen LogP contribution is -1.95. The molecular formula is C22H19NO. The van der Waals surface area contributed by atoms with Crippen molar-refractivity contribution in [3.05, 3.63) is 77.4 Å². The average Bonchev–Trinajstić information content (AvgIpc) is 2.62. The van der Waals surface area contributed by atoms with Gasteiger partial charge in [0.1, 0.15) is 5.75 Å². The number of nitrogens with zero attached hydrogens (tertiary/aromatic N) is 1. The number of hydrogen-bond acceptors (Lipinski definition) is 2. The van der Waals surface area contributed by atoms with Crippen molar-refractivity contribution in [1.82, 2.24) is 0 Å². The lowest BCUT2D eigenvalue weighted by molar-refractivity contribution is 0.340. The second kappa shape index (κ2) is 7.02. The van der Waals surface area contributed by atoms with Gasteiger partial charge in [-0.05, 0) is 42.3 Å². The zero-order valence-corrected chi connectivity index (χ0v) is 13.9. The third-order valence-electron chi connectivity index (χ3n) is 4.00. The van der Waals surface area contributed by atoms with Gasteiger partial charge in [0.25, 0.3) is 0 Å². The third-order valence-corrected chi connectivity index (χ3v) is 4.00. The van der Waals surface area contributed by atoms with Gasteiger partial charge in [-0.3, -0.25) is 0 Å². The smallest absolute Gasteiger partial charge is 0.127 e. The summed E-state index contributed by atoms with van der Waals surface area (Å²) in [4.78, 5) is 0. The van der Waals surface area contributed by atoms with Gasteiger partial charge in [-0.15, -0.1) is 0 Å². The van der Waals surface area contributed by atoms with Gasteiger partial charge in [-0.1, -0.05) is 60.2 Å². The van der Waals surface area contributed by atoms with Crippen LogP contribution in [0.5, 0.6) is 5.75 Å². The maximum Gasteiger partial charge on any atom is 0.127 e. The second-order valence-corrected chi connectivity index (χ2v) is 5.67. The highest BCUT2D eigenvalue weighted by atomic mass is 16.5. The highest BCUT2D eigenvalue weighted by molar-refractivity contribution is 6.00. The molecule has 2 nitrogen and oxygen atoms in total. The highest BCUT2D eigenvalue weighted by Crippen LogP contribution is 2.32. The van der Waals surface area contributed by atoms with Gasteiger partial charge in [0, 0.05) is 5.56 Å². The Bertz CT molecular complexity index is 930. The van der Waals surface area contributed by atoms with E-state index in [0.717, 1.165) is 27.6 Å². The Balaban J connectivity index is 2.21. The van der Waals surface area contributed by atoms with Crippen molar-refractivity contribution in [3.8, 4) is 11.8 Å². The van der Waals surface area contributed by atoms with Crippen molar-refractivity contribution in [2.75, 3.05) is 6.61 Å². The number of nitriles is 1. The van der Waals surface area contributed by atoms with Gasteiger partial charge in [0.2, 0.25) is 0 Å². The predicted molar refractivity (Wildman–Crippen MR) is 99.8 cm³/mol. The average molecular weight is 313 g/mol. The molecule has 0 amide bonds. The fraction of sp³-hybridized carbons (Fsp3) is 0.136. The Morgan fingerprint density at radius 1 is 1.04 bits per heavy atom. The van der Waals surface area contributed by atoms with Crippen LogP contribution < -0.4 is 4.74 Å². The zero-order valence-electron chi connectivity index (χ0n) is 13.9. The quantitative estimate of drug-likeness (QED) is 0.463. The van der Waals surface area contributed by atoms with Crippen LogP contribution in [0.25, 0.3) is 22.4 Å². The van der Waals surface area contributed by atoms with Gasteiger partial charge in [0.05, 0.1) is 18.2 Å². The maximum atomic E-state index is 9.64. The first-order chi connectivity index (χ1) is 11.7. The number of rotatable bonds is 4. The van der Waals surface area contributed by atoms with Crippen molar-refractivity contribution < 1.29 is 4.74 Å². The van der Waals surface area contributed by atoms with Gasteiger partial charge < -0.3 is 4.74 Å². The summed E-state index contributed by atoms with van der Waals surface area (Å²) in [6, 6.07) is 22.5. The molecule has 0 aliphatic carbocycles. The van der Waals surface area contributed by atoms with E-state index >= 15 is 0 Å². The van der Waals surface area contributed by atoms with Gasteiger partial charge in [-0.2, -0.15) is 5.26 Å². The maximum absolute atomic E-state index is 9.64. The van der Waals surface area contributed by atoms with Gasteiger partial charge in [0.15, 0.2) is 0 Å². The van der Waals surface area contributed by atoms with E-state index in [4.69, 9.17) is 4.74 Å². The van der Waals surface area contributed by atoms with Gasteiger partial charge >= 0.3 is 0 Å². The molecule has 2 heteroatoms. The lowest BCUT2D eigenvalue weighted by atomic mass is 9.98. The normalized spacial score (nSPS) is 11.3. The van der Waals surface area contributed by atoms with Crippen molar-refractivity contribution in [3.63, 3.8) is 0 Å². The monoisotopic (exact) mass is 313 g/mol. The summed E-state index contributed by atoms with van der Waals surface area (Å²) in [5.74, 6) is 0.802. The van der Waals surface area contributed by atoms with E-state index < -0.39 is 0 Å². The molecule has 0 spiro atoms. The van der Waals surface area contributed by atoms with Crippen molar-refractivity contribution in [2.24, 2.45) is 0 Å². The van der Waals surface area contributed by atoms with Crippen molar-refractivity contribution in [1.29, 1.82) is 5.26 Å².